The second kappa shape index (κ2) is 5.50. The van der Waals surface area contributed by atoms with Crippen LogP contribution in [0, 0.1) is 30.9 Å². The van der Waals surface area contributed by atoms with E-state index in [-0.39, 0.29) is 0 Å². The maximum absolute atomic E-state index is 5.09. The van der Waals surface area contributed by atoms with Gasteiger partial charge in [-0.1, -0.05) is 11.8 Å². The molecule has 1 aromatic rings. The summed E-state index contributed by atoms with van der Waals surface area (Å²) in [5.41, 5.74) is 0.772. The monoisotopic (exact) mass is 184 g/mol. The third-order valence-electron chi connectivity index (χ3n) is 1.46. The van der Waals surface area contributed by atoms with E-state index < -0.39 is 0 Å². The van der Waals surface area contributed by atoms with E-state index in [9.17, 15) is 0 Å². The molecule has 69 valence electrons. The first-order valence-corrected chi connectivity index (χ1v) is 4.10. The molecule has 0 atom stereocenters. The van der Waals surface area contributed by atoms with Crippen LogP contribution in [0.3, 0.4) is 0 Å². The molecule has 1 heterocycles. The highest BCUT2D eigenvalue weighted by atomic mass is 15.0. The van der Waals surface area contributed by atoms with E-state index >= 15 is 0 Å². The molecule has 14 heavy (non-hydrogen) atoms. The summed E-state index contributed by atoms with van der Waals surface area (Å²) in [4.78, 5) is 4.01. The van der Waals surface area contributed by atoms with Crippen LogP contribution in [0.1, 0.15) is 0 Å². The third kappa shape index (κ3) is 3.08. The highest BCUT2D eigenvalue weighted by molar-refractivity contribution is 5.47. The van der Waals surface area contributed by atoms with Gasteiger partial charge in [0.1, 0.15) is 12.0 Å². The first-order chi connectivity index (χ1) is 6.86. The number of hydrogen-bond donors (Lipinski definition) is 2. The minimum absolute atomic E-state index is 0.456. The number of terminal acetylenes is 2. The molecule has 0 bridgehead atoms. The Morgan fingerprint density at radius 2 is 1.93 bits per heavy atom. The SMILES string of the molecule is C#CCNc1[c]nc(NCC#C)cc1. The third-order valence-corrected chi connectivity index (χ3v) is 1.46. The lowest BCUT2D eigenvalue weighted by Crippen LogP contribution is -2.02. The van der Waals surface area contributed by atoms with Crippen molar-refractivity contribution in [3.63, 3.8) is 0 Å². The molecular weight excluding hydrogens is 174 g/mol. The first-order valence-electron chi connectivity index (χ1n) is 4.10. The number of aromatic nitrogens is 1. The van der Waals surface area contributed by atoms with Gasteiger partial charge in [-0.05, 0) is 12.1 Å². The number of pyridine rings is 1. The molecule has 0 aliphatic carbocycles. The van der Waals surface area contributed by atoms with Crippen LogP contribution in [0.15, 0.2) is 12.1 Å². The Morgan fingerprint density at radius 3 is 2.50 bits per heavy atom. The molecule has 0 fully saturated rings. The molecule has 0 aromatic carbocycles. The maximum Gasteiger partial charge on any atom is 0.127 e. The Balaban J connectivity index is 2.52. The van der Waals surface area contributed by atoms with Crippen LogP contribution in [0.5, 0.6) is 0 Å². The normalized spacial score (nSPS) is 8.43. The van der Waals surface area contributed by atoms with E-state index in [1.807, 2.05) is 12.1 Å². The molecule has 2 N–H and O–H groups in total. The highest BCUT2D eigenvalue weighted by Crippen LogP contribution is 2.07. The van der Waals surface area contributed by atoms with E-state index in [2.05, 4.69) is 33.7 Å². The minimum Gasteiger partial charge on any atom is -0.372 e. The van der Waals surface area contributed by atoms with Gasteiger partial charge in [-0.2, -0.15) is 0 Å². The van der Waals surface area contributed by atoms with Crippen molar-refractivity contribution in [3.8, 4) is 24.7 Å². The molecule has 0 spiro atoms. The predicted molar refractivity (Wildman–Crippen MR) is 57.7 cm³/mol. The average molecular weight is 184 g/mol. The molecule has 0 saturated heterocycles. The van der Waals surface area contributed by atoms with Gasteiger partial charge in [0.05, 0.1) is 18.8 Å². The van der Waals surface area contributed by atoms with Crippen LogP contribution in [-0.4, -0.2) is 18.1 Å². The molecule has 0 aliphatic heterocycles. The lowest BCUT2D eigenvalue weighted by atomic mass is 10.4. The van der Waals surface area contributed by atoms with Gasteiger partial charge in [-0.15, -0.1) is 12.8 Å². The van der Waals surface area contributed by atoms with Gasteiger partial charge in [0.15, 0.2) is 0 Å². The van der Waals surface area contributed by atoms with E-state index in [1.165, 1.54) is 0 Å². The summed E-state index contributed by atoms with van der Waals surface area (Å²) < 4.78 is 0. The standard InChI is InChI=1S/C11H10N3/c1-3-7-12-10-5-6-11(14-9-10)13-8-4-2/h1-2,5-6,12H,7-8H2,(H,13,14). The highest BCUT2D eigenvalue weighted by Gasteiger charge is 1.93. The number of anilines is 2. The van der Waals surface area contributed by atoms with Gasteiger partial charge in [0, 0.05) is 0 Å². The molecule has 0 unspecified atom stereocenters. The van der Waals surface area contributed by atoms with Crippen molar-refractivity contribution in [1.82, 2.24) is 4.98 Å². The molecular formula is C11H10N3. The fraction of sp³-hybridized carbons (Fsp3) is 0.182. The van der Waals surface area contributed by atoms with Crippen LogP contribution < -0.4 is 10.6 Å². The van der Waals surface area contributed by atoms with Crippen molar-refractivity contribution in [2.45, 2.75) is 0 Å². The maximum atomic E-state index is 5.09. The van der Waals surface area contributed by atoms with Crippen LogP contribution in [0.4, 0.5) is 11.5 Å². The number of nitrogens with one attached hydrogen (secondary N) is 2. The van der Waals surface area contributed by atoms with Crippen LogP contribution in [-0.2, 0) is 0 Å². The minimum atomic E-state index is 0.456. The molecule has 0 saturated carbocycles. The van der Waals surface area contributed by atoms with E-state index in [0.29, 0.717) is 18.9 Å². The van der Waals surface area contributed by atoms with Crippen LogP contribution in [0.25, 0.3) is 0 Å². The molecule has 1 aromatic heterocycles. The number of nitrogens with zero attached hydrogens (tertiary/aromatic N) is 1. The summed E-state index contributed by atoms with van der Waals surface area (Å²) in [6.07, 6.45) is 13.0. The molecule has 0 aliphatic rings. The molecule has 0 amide bonds. The Labute approximate surface area is 83.9 Å². The topological polar surface area (TPSA) is 37.0 Å². The summed E-state index contributed by atoms with van der Waals surface area (Å²) in [5, 5.41) is 5.89. The van der Waals surface area contributed by atoms with E-state index in [1.54, 1.807) is 0 Å². The predicted octanol–water partition coefficient (Wildman–Crippen LogP) is 0.972. The fourth-order valence-electron chi connectivity index (χ4n) is 0.842. The van der Waals surface area contributed by atoms with Crippen molar-refractivity contribution in [2.75, 3.05) is 23.7 Å². The summed E-state index contributed by atoms with van der Waals surface area (Å²) >= 11 is 0. The summed E-state index contributed by atoms with van der Waals surface area (Å²) in [6, 6.07) is 3.65. The van der Waals surface area contributed by atoms with Crippen molar-refractivity contribution in [3.05, 3.63) is 18.3 Å². The van der Waals surface area contributed by atoms with Crippen LogP contribution in [0.2, 0.25) is 0 Å². The molecule has 3 nitrogen and oxygen atoms in total. The van der Waals surface area contributed by atoms with Gasteiger partial charge in [-0.3, -0.25) is 0 Å². The molecule has 1 rings (SSSR count). The molecule has 3 heteroatoms. The smallest absolute Gasteiger partial charge is 0.127 e. The van der Waals surface area contributed by atoms with Gasteiger partial charge in [-0.25, -0.2) is 4.98 Å². The summed E-state index contributed by atoms with van der Waals surface area (Å²) in [5.74, 6) is 5.62. The Hall–Kier alpha value is -2.13. The lowest BCUT2D eigenvalue weighted by Gasteiger charge is -2.03. The van der Waals surface area contributed by atoms with Crippen LogP contribution >= 0.6 is 0 Å². The second-order valence-electron chi connectivity index (χ2n) is 2.47. The Kier molecular flexibility index (Phi) is 3.91. The van der Waals surface area contributed by atoms with Gasteiger partial charge < -0.3 is 10.6 Å². The zero-order valence-corrected chi connectivity index (χ0v) is 7.67. The molecule has 1 radical (unpaired) electrons. The Bertz CT molecular complexity index is 317. The van der Waals surface area contributed by atoms with Crippen molar-refractivity contribution < 1.29 is 0 Å². The summed E-state index contributed by atoms with van der Waals surface area (Å²) in [7, 11) is 0. The van der Waals surface area contributed by atoms with Gasteiger partial charge in [0.2, 0.25) is 0 Å². The zero-order chi connectivity index (χ0) is 10.2. The van der Waals surface area contributed by atoms with Crippen molar-refractivity contribution in [2.24, 2.45) is 0 Å². The van der Waals surface area contributed by atoms with Gasteiger partial charge in [0.25, 0.3) is 0 Å². The number of hydrogen-bond acceptors (Lipinski definition) is 3. The largest absolute Gasteiger partial charge is 0.372 e. The second-order valence-corrected chi connectivity index (χ2v) is 2.47. The van der Waals surface area contributed by atoms with E-state index in [0.717, 1.165) is 5.69 Å². The zero-order valence-electron chi connectivity index (χ0n) is 7.67. The van der Waals surface area contributed by atoms with Gasteiger partial charge >= 0.3 is 0 Å². The summed E-state index contributed by atoms with van der Waals surface area (Å²) in [6.45, 7) is 0.924. The Morgan fingerprint density at radius 1 is 1.21 bits per heavy atom. The number of rotatable bonds is 4. The first kappa shape index (κ1) is 9.95. The lowest BCUT2D eigenvalue weighted by molar-refractivity contribution is 1.22. The van der Waals surface area contributed by atoms with E-state index in [4.69, 9.17) is 12.8 Å². The average Bonchev–Trinajstić information content (AvgIpc) is 2.25. The van der Waals surface area contributed by atoms with Crippen molar-refractivity contribution >= 4 is 11.5 Å². The quantitative estimate of drug-likeness (QED) is 0.685. The van der Waals surface area contributed by atoms with Crippen molar-refractivity contribution in [1.29, 1.82) is 0 Å². The fourth-order valence-corrected chi connectivity index (χ4v) is 0.842.